The molecule has 0 aliphatic rings. The van der Waals surface area contributed by atoms with Gasteiger partial charge in [0.05, 0.1) is 19.2 Å². The predicted octanol–water partition coefficient (Wildman–Crippen LogP) is 2.84. The molecule has 0 unspecified atom stereocenters. The van der Waals surface area contributed by atoms with Crippen molar-refractivity contribution in [2.24, 2.45) is 0 Å². The topological polar surface area (TPSA) is 63.8 Å². The lowest BCUT2D eigenvalue weighted by atomic mass is 10.1. The molecule has 0 atom stereocenters. The first-order valence-corrected chi connectivity index (χ1v) is 6.97. The zero-order chi connectivity index (χ0) is 15.0. The number of hydrogen-bond donors (Lipinski definition) is 1. The maximum Gasteiger partial charge on any atom is 0.309 e. The Morgan fingerprint density at radius 3 is 3.05 bits per heavy atom. The van der Waals surface area contributed by atoms with Crippen molar-refractivity contribution in [2.75, 3.05) is 7.11 Å². The van der Waals surface area contributed by atoms with Gasteiger partial charge in [0.2, 0.25) is 0 Å². The van der Waals surface area contributed by atoms with Crippen molar-refractivity contribution in [3.8, 4) is 17.0 Å². The number of carboxylic acids is 1. The fourth-order valence-electron chi connectivity index (χ4n) is 2.12. The summed E-state index contributed by atoms with van der Waals surface area (Å²) >= 11 is 1.34. The summed E-state index contributed by atoms with van der Waals surface area (Å²) in [5.74, 6) is -0.775. The molecule has 0 fully saturated rings. The van der Waals surface area contributed by atoms with Crippen molar-refractivity contribution in [1.29, 1.82) is 0 Å². The molecule has 1 aromatic carbocycles. The van der Waals surface area contributed by atoms with Crippen molar-refractivity contribution in [3.63, 3.8) is 0 Å². The van der Waals surface area contributed by atoms with Crippen LogP contribution < -0.4 is 4.74 Å². The number of rotatable bonds is 4. The molecular weight excluding hydrogens is 295 g/mol. The predicted molar refractivity (Wildman–Crippen MR) is 76.4 cm³/mol. The first kappa shape index (κ1) is 13.6. The van der Waals surface area contributed by atoms with Crippen LogP contribution in [0.4, 0.5) is 4.39 Å². The van der Waals surface area contributed by atoms with Crippen LogP contribution in [0.2, 0.25) is 0 Å². The van der Waals surface area contributed by atoms with E-state index in [9.17, 15) is 9.18 Å². The summed E-state index contributed by atoms with van der Waals surface area (Å²) in [6.45, 7) is 0. The molecule has 21 heavy (non-hydrogen) atoms. The quantitative estimate of drug-likeness (QED) is 0.805. The summed E-state index contributed by atoms with van der Waals surface area (Å²) in [6, 6.07) is 4.20. The fourth-order valence-corrected chi connectivity index (χ4v) is 2.99. The minimum Gasteiger partial charge on any atom is -0.496 e. The number of carbonyl (C=O) groups is 1. The number of imidazole rings is 1. The minimum atomic E-state index is -0.909. The molecule has 2 heterocycles. The van der Waals surface area contributed by atoms with E-state index in [1.165, 1.54) is 36.6 Å². The van der Waals surface area contributed by atoms with Gasteiger partial charge in [0.25, 0.3) is 0 Å². The Balaban J connectivity index is 2.11. The van der Waals surface area contributed by atoms with Crippen molar-refractivity contribution >= 4 is 22.3 Å². The average Bonchev–Trinajstić information content (AvgIpc) is 3.00. The molecule has 5 nitrogen and oxygen atoms in total. The van der Waals surface area contributed by atoms with Crippen LogP contribution in [-0.2, 0) is 11.2 Å². The van der Waals surface area contributed by atoms with E-state index in [2.05, 4.69) is 4.98 Å². The van der Waals surface area contributed by atoms with E-state index in [0.29, 0.717) is 27.7 Å². The number of fused-ring (bicyclic) bond motifs is 1. The minimum absolute atomic E-state index is 0.0872. The zero-order valence-corrected chi connectivity index (χ0v) is 11.9. The van der Waals surface area contributed by atoms with Gasteiger partial charge in [0.15, 0.2) is 4.96 Å². The molecular formula is C14H11FN2O3S. The highest BCUT2D eigenvalue weighted by molar-refractivity contribution is 7.15. The van der Waals surface area contributed by atoms with Crippen LogP contribution >= 0.6 is 11.3 Å². The van der Waals surface area contributed by atoms with E-state index in [1.807, 2.05) is 0 Å². The lowest BCUT2D eigenvalue weighted by molar-refractivity contribution is -0.136. The van der Waals surface area contributed by atoms with Crippen LogP contribution in [0.25, 0.3) is 16.2 Å². The fraction of sp³-hybridized carbons (Fsp3) is 0.143. The summed E-state index contributed by atoms with van der Waals surface area (Å²) in [5, 5.41) is 10.6. The van der Waals surface area contributed by atoms with Crippen molar-refractivity contribution < 1.29 is 19.0 Å². The van der Waals surface area contributed by atoms with Gasteiger partial charge in [-0.05, 0) is 18.2 Å². The molecule has 3 rings (SSSR count). The summed E-state index contributed by atoms with van der Waals surface area (Å²) in [6.07, 6.45) is 1.61. The van der Waals surface area contributed by atoms with Crippen LogP contribution in [0, 0.1) is 5.82 Å². The number of carboxylic acid groups (broad SMARTS) is 1. The normalized spacial score (nSPS) is 11.0. The Morgan fingerprint density at radius 1 is 1.52 bits per heavy atom. The van der Waals surface area contributed by atoms with Gasteiger partial charge in [-0.15, -0.1) is 11.3 Å². The number of benzene rings is 1. The number of nitrogens with zero attached hydrogens (tertiary/aromatic N) is 2. The molecule has 108 valence electrons. The van der Waals surface area contributed by atoms with Crippen LogP contribution in [-0.4, -0.2) is 27.6 Å². The molecule has 0 saturated heterocycles. The van der Waals surface area contributed by atoms with E-state index in [4.69, 9.17) is 9.84 Å². The lowest BCUT2D eigenvalue weighted by Crippen LogP contribution is -2.02. The number of thiazole rings is 1. The largest absolute Gasteiger partial charge is 0.496 e. The van der Waals surface area contributed by atoms with Crippen molar-refractivity contribution in [3.05, 3.63) is 41.3 Å². The first-order chi connectivity index (χ1) is 10.1. The molecule has 0 aliphatic heterocycles. The molecule has 1 N–H and O–H groups in total. The Kier molecular flexibility index (Phi) is 3.34. The highest BCUT2D eigenvalue weighted by atomic mass is 32.1. The second kappa shape index (κ2) is 5.17. The van der Waals surface area contributed by atoms with Gasteiger partial charge in [0.1, 0.15) is 11.6 Å². The number of halogens is 1. The number of aliphatic carboxylic acids is 1. The lowest BCUT2D eigenvalue weighted by Gasteiger charge is -2.05. The Morgan fingerprint density at radius 2 is 2.33 bits per heavy atom. The van der Waals surface area contributed by atoms with Gasteiger partial charge >= 0.3 is 5.97 Å². The van der Waals surface area contributed by atoms with Gasteiger partial charge in [-0.1, -0.05) is 0 Å². The highest BCUT2D eigenvalue weighted by Crippen LogP contribution is 2.31. The zero-order valence-electron chi connectivity index (χ0n) is 11.0. The summed E-state index contributed by atoms with van der Waals surface area (Å²) in [7, 11) is 1.50. The standard InChI is InChI=1S/C14H11FN2O3S/c1-20-12-3-2-8(15)4-10(12)11-6-17-9(5-13(18)19)7-21-14(17)16-11/h2-4,6-7H,5H2,1H3,(H,18,19). The van der Waals surface area contributed by atoms with E-state index >= 15 is 0 Å². The van der Waals surface area contributed by atoms with Gasteiger partial charge in [-0.25, -0.2) is 9.37 Å². The average molecular weight is 306 g/mol. The monoisotopic (exact) mass is 306 g/mol. The number of aromatic nitrogens is 2. The Bertz CT molecular complexity index is 825. The van der Waals surface area contributed by atoms with Crippen LogP contribution in [0.3, 0.4) is 0 Å². The number of hydrogen-bond acceptors (Lipinski definition) is 4. The first-order valence-electron chi connectivity index (χ1n) is 6.09. The number of methoxy groups -OCH3 is 1. The third kappa shape index (κ3) is 2.47. The van der Waals surface area contributed by atoms with E-state index in [-0.39, 0.29) is 12.2 Å². The van der Waals surface area contributed by atoms with Gasteiger partial charge in [0, 0.05) is 22.8 Å². The van der Waals surface area contributed by atoms with E-state index in [0.717, 1.165) is 0 Å². The number of ether oxygens (including phenoxy) is 1. The molecule has 0 saturated carbocycles. The van der Waals surface area contributed by atoms with Crippen molar-refractivity contribution in [1.82, 2.24) is 9.38 Å². The maximum atomic E-state index is 13.4. The summed E-state index contributed by atoms with van der Waals surface area (Å²) in [5.41, 5.74) is 1.72. The molecule has 0 bridgehead atoms. The van der Waals surface area contributed by atoms with Gasteiger partial charge in [-0.3, -0.25) is 9.20 Å². The van der Waals surface area contributed by atoms with E-state index < -0.39 is 5.97 Å². The second-order valence-electron chi connectivity index (χ2n) is 4.42. The van der Waals surface area contributed by atoms with Gasteiger partial charge < -0.3 is 9.84 Å². The molecule has 0 spiro atoms. The maximum absolute atomic E-state index is 13.4. The highest BCUT2D eigenvalue weighted by Gasteiger charge is 2.15. The van der Waals surface area contributed by atoms with Crippen molar-refractivity contribution in [2.45, 2.75) is 6.42 Å². The van der Waals surface area contributed by atoms with E-state index in [1.54, 1.807) is 16.0 Å². The van der Waals surface area contributed by atoms with Crippen LogP contribution in [0.1, 0.15) is 5.69 Å². The van der Waals surface area contributed by atoms with Crippen LogP contribution in [0.15, 0.2) is 29.8 Å². The Hall–Kier alpha value is -2.41. The Labute approximate surface area is 123 Å². The third-order valence-electron chi connectivity index (χ3n) is 3.05. The summed E-state index contributed by atoms with van der Waals surface area (Å²) < 4.78 is 20.4. The molecule has 0 aliphatic carbocycles. The molecule has 0 amide bonds. The molecule has 7 heteroatoms. The SMILES string of the molecule is COc1ccc(F)cc1-c1cn2c(CC(=O)O)csc2n1. The molecule has 0 radical (unpaired) electrons. The third-order valence-corrected chi connectivity index (χ3v) is 3.94. The summed E-state index contributed by atoms with van der Waals surface area (Å²) in [4.78, 5) is 15.9. The smallest absolute Gasteiger partial charge is 0.309 e. The molecule has 3 aromatic rings. The molecule has 2 aromatic heterocycles. The van der Waals surface area contributed by atoms with Gasteiger partial charge in [-0.2, -0.15) is 0 Å². The van der Waals surface area contributed by atoms with Crippen LogP contribution in [0.5, 0.6) is 5.75 Å². The second-order valence-corrected chi connectivity index (χ2v) is 5.26.